The highest BCUT2D eigenvalue weighted by Crippen LogP contribution is 2.23. The van der Waals surface area contributed by atoms with Crippen LogP contribution in [0.3, 0.4) is 0 Å². The molecule has 0 bridgehead atoms. The van der Waals surface area contributed by atoms with Crippen LogP contribution in [0.2, 0.25) is 0 Å². The molecule has 2 heterocycles. The van der Waals surface area contributed by atoms with Crippen molar-refractivity contribution in [2.45, 2.75) is 32.2 Å². The summed E-state index contributed by atoms with van der Waals surface area (Å²) in [5.74, 6) is 0.727. The Hall–Kier alpha value is -1.69. The van der Waals surface area contributed by atoms with Crippen LogP contribution in [-0.4, -0.2) is 37.2 Å². The van der Waals surface area contributed by atoms with Crippen molar-refractivity contribution in [3.05, 3.63) is 12.7 Å². The average molecular weight is 235 g/mol. The first-order valence-corrected chi connectivity index (χ1v) is 5.71. The van der Waals surface area contributed by atoms with Crippen molar-refractivity contribution in [1.82, 2.24) is 19.9 Å². The van der Waals surface area contributed by atoms with E-state index in [0.29, 0.717) is 12.1 Å². The van der Waals surface area contributed by atoms with Gasteiger partial charge in [-0.2, -0.15) is 0 Å². The Bertz CT molecular complexity index is 497. The maximum atomic E-state index is 9.09. The number of aliphatic hydroxyl groups excluding tert-OH is 1. The van der Waals surface area contributed by atoms with E-state index in [2.05, 4.69) is 39.1 Å². The van der Waals surface area contributed by atoms with Crippen molar-refractivity contribution in [3.63, 3.8) is 0 Å². The van der Waals surface area contributed by atoms with E-state index in [-0.39, 0.29) is 12.1 Å². The number of anilines is 1. The standard InChI is InChI=1S/C11H17N5O/c1-3-11(2,4-5-17)16-10-8-9(13-6-12-8)14-7-15-10/h6-7,17H,3-5H2,1-2H3,(H2,12,13,14,15,16). The van der Waals surface area contributed by atoms with Crippen LogP contribution in [-0.2, 0) is 0 Å². The number of aliphatic hydroxyl groups is 1. The summed E-state index contributed by atoms with van der Waals surface area (Å²) >= 11 is 0. The second-order valence-corrected chi connectivity index (χ2v) is 4.34. The number of aromatic nitrogens is 4. The number of fused-ring (bicyclic) bond motifs is 1. The molecule has 0 aliphatic rings. The fourth-order valence-electron chi connectivity index (χ4n) is 1.72. The highest BCUT2D eigenvalue weighted by molar-refractivity contribution is 5.82. The van der Waals surface area contributed by atoms with Crippen molar-refractivity contribution < 1.29 is 5.11 Å². The molecule has 2 aromatic heterocycles. The lowest BCUT2D eigenvalue weighted by molar-refractivity contribution is 0.252. The molecule has 0 amide bonds. The SMILES string of the molecule is CCC(C)(CCO)Nc1ncnc2nc[nH]c12. The van der Waals surface area contributed by atoms with Crippen molar-refractivity contribution in [1.29, 1.82) is 0 Å². The normalized spacial score (nSPS) is 14.8. The van der Waals surface area contributed by atoms with Gasteiger partial charge in [0.25, 0.3) is 0 Å². The molecular weight excluding hydrogens is 218 g/mol. The third-order valence-corrected chi connectivity index (χ3v) is 3.09. The predicted molar refractivity (Wildman–Crippen MR) is 65.7 cm³/mol. The number of nitrogens with zero attached hydrogens (tertiary/aromatic N) is 3. The second kappa shape index (κ2) is 4.67. The zero-order valence-corrected chi connectivity index (χ0v) is 10.1. The van der Waals surface area contributed by atoms with Gasteiger partial charge in [-0.3, -0.25) is 0 Å². The lowest BCUT2D eigenvalue weighted by Crippen LogP contribution is -2.35. The van der Waals surface area contributed by atoms with E-state index in [1.165, 1.54) is 6.33 Å². The van der Waals surface area contributed by atoms with Crippen LogP contribution in [0, 0.1) is 0 Å². The number of rotatable bonds is 5. The topological polar surface area (TPSA) is 86.7 Å². The molecule has 6 heteroatoms. The number of aromatic amines is 1. The minimum absolute atomic E-state index is 0.147. The molecule has 2 aromatic rings. The van der Waals surface area contributed by atoms with E-state index in [1.807, 2.05) is 0 Å². The van der Waals surface area contributed by atoms with Crippen LogP contribution in [0.5, 0.6) is 0 Å². The summed E-state index contributed by atoms with van der Waals surface area (Å²) < 4.78 is 0. The van der Waals surface area contributed by atoms with Gasteiger partial charge in [0, 0.05) is 12.1 Å². The summed E-state index contributed by atoms with van der Waals surface area (Å²) in [5, 5.41) is 12.4. The molecule has 0 saturated carbocycles. The lowest BCUT2D eigenvalue weighted by Gasteiger charge is -2.29. The molecule has 17 heavy (non-hydrogen) atoms. The quantitative estimate of drug-likeness (QED) is 0.727. The van der Waals surface area contributed by atoms with Crippen LogP contribution in [0.25, 0.3) is 11.2 Å². The third kappa shape index (κ3) is 2.36. The number of nitrogens with one attached hydrogen (secondary N) is 2. The number of hydrogen-bond acceptors (Lipinski definition) is 5. The summed E-state index contributed by atoms with van der Waals surface area (Å²) in [6.45, 7) is 4.29. The van der Waals surface area contributed by atoms with Crippen LogP contribution in [0.1, 0.15) is 26.7 Å². The molecule has 0 radical (unpaired) electrons. The molecule has 6 nitrogen and oxygen atoms in total. The Labute approximate surface area is 99.5 Å². The van der Waals surface area contributed by atoms with Gasteiger partial charge in [0.2, 0.25) is 0 Å². The molecule has 0 spiro atoms. The van der Waals surface area contributed by atoms with Crippen molar-refractivity contribution in [2.24, 2.45) is 0 Å². The highest BCUT2D eigenvalue weighted by atomic mass is 16.3. The Morgan fingerprint density at radius 2 is 2.24 bits per heavy atom. The van der Waals surface area contributed by atoms with Crippen LogP contribution in [0.4, 0.5) is 5.82 Å². The molecule has 0 saturated heterocycles. The van der Waals surface area contributed by atoms with Crippen molar-refractivity contribution in [2.75, 3.05) is 11.9 Å². The predicted octanol–water partition coefficient (Wildman–Crippen LogP) is 1.32. The summed E-state index contributed by atoms with van der Waals surface area (Å²) in [5.41, 5.74) is 1.26. The monoisotopic (exact) mass is 235 g/mol. The van der Waals surface area contributed by atoms with Crippen LogP contribution >= 0.6 is 0 Å². The minimum Gasteiger partial charge on any atom is -0.396 e. The highest BCUT2D eigenvalue weighted by Gasteiger charge is 2.22. The van der Waals surface area contributed by atoms with Crippen molar-refractivity contribution in [3.8, 4) is 0 Å². The molecule has 92 valence electrons. The summed E-state index contributed by atoms with van der Waals surface area (Å²) in [6.07, 6.45) is 4.65. The van der Waals surface area contributed by atoms with Crippen LogP contribution in [0.15, 0.2) is 12.7 Å². The van der Waals surface area contributed by atoms with E-state index in [4.69, 9.17) is 5.11 Å². The zero-order chi connectivity index (χ0) is 12.3. The Balaban J connectivity index is 2.31. The summed E-state index contributed by atoms with van der Waals surface area (Å²) in [4.78, 5) is 15.4. The molecule has 0 aliphatic carbocycles. The van der Waals surface area contributed by atoms with Gasteiger partial charge in [-0.05, 0) is 19.8 Å². The molecule has 1 atom stereocenters. The van der Waals surface area contributed by atoms with Gasteiger partial charge in [0.15, 0.2) is 11.5 Å². The van der Waals surface area contributed by atoms with E-state index in [0.717, 1.165) is 17.8 Å². The van der Waals surface area contributed by atoms with E-state index >= 15 is 0 Å². The smallest absolute Gasteiger partial charge is 0.182 e. The molecule has 3 N–H and O–H groups in total. The van der Waals surface area contributed by atoms with E-state index in [1.54, 1.807) is 6.33 Å². The molecule has 2 rings (SSSR count). The maximum Gasteiger partial charge on any atom is 0.182 e. The Morgan fingerprint density at radius 1 is 1.41 bits per heavy atom. The lowest BCUT2D eigenvalue weighted by atomic mass is 9.95. The van der Waals surface area contributed by atoms with Gasteiger partial charge in [0.1, 0.15) is 11.8 Å². The zero-order valence-electron chi connectivity index (χ0n) is 10.1. The first kappa shape index (κ1) is 11.8. The second-order valence-electron chi connectivity index (χ2n) is 4.34. The summed E-state index contributed by atoms with van der Waals surface area (Å²) in [6, 6.07) is 0. The van der Waals surface area contributed by atoms with Crippen LogP contribution < -0.4 is 5.32 Å². The number of H-pyrrole nitrogens is 1. The largest absolute Gasteiger partial charge is 0.396 e. The fourth-order valence-corrected chi connectivity index (χ4v) is 1.72. The van der Waals surface area contributed by atoms with Gasteiger partial charge in [-0.25, -0.2) is 15.0 Å². The average Bonchev–Trinajstić information content (AvgIpc) is 2.78. The third-order valence-electron chi connectivity index (χ3n) is 3.09. The fraction of sp³-hybridized carbons (Fsp3) is 0.545. The molecule has 0 aliphatic heterocycles. The van der Waals surface area contributed by atoms with E-state index < -0.39 is 0 Å². The molecule has 1 unspecified atom stereocenters. The Kier molecular flexibility index (Phi) is 3.23. The van der Waals surface area contributed by atoms with E-state index in [9.17, 15) is 0 Å². The van der Waals surface area contributed by atoms with Gasteiger partial charge in [0.05, 0.1) is 6.33 Å². The van der Waals surface area contributed by atoms with Gasteiger partial charge < -0.3 is 15.4 Å². The first-order valence-electron chi connectivity index (χ1n) is 5.71. The molecular formula is C11H17N5O. The number of imidazole rings is 1. The van der Waals surface area contributed by atoms with Gasteiger partial charge in [-0.15, -0.1) is 0 Å². The summed E-state index contributed by atoms with van der Waals surface area (Å²) in [7, 11) is 0. The van der Waals surface area contributed by atoms with Crippen molar-refractivity contribution >= 4 is 17.0 Å². The minimum atomic E-state index is -0.179. The van der Waals surface area contributed by atoms with Gasteiger partial charge >= 0.3 is 0 Å². The Morgan fingerprint density at radius 3 is 2.94 bits per heavy atom. The maximum absolute atomic E-state index is 9.09. The molecule has 0 fully saturated rings. The first-order chi connectivity index (χ1) is 8.18. The van der Waals surface area contributed by atoms with Gasteiger partial charge in [-0.1, -0.05) is 6.92 Å². The number of hydrogen-bond donors (Lipinski definition) is 3. The molecule has 0 aromatic carbocycles.